The summed E-state index contributed by atoms with van der Waals surface area (Å²) >= 11 is 2.18. The average molecular weight is 495 g/mol. The Labute approximate surface area is 212 Å². The Morgan fingerprint density at radius 3 is 2.81 bits per heavy atom. The number of cyclic esters (lactones) is 1. The standard InChI is InChI=1S/C16H19N5O8S2.Na/c1-3-30-9-4-10(22)29-16(9,14(25)26)21-13(24)7(5-28-21)18-12(23)11(20-27-2)8-6-31-15(17)19-8;/h6-7,9H,3-5H2,1-2H3,(H2,17,19)(H,18,23)(H,25,26);/q;+1/p-1/t7-,9?,16?;/m0./s1. The minimum atomic E-state index is -2.44. The van der Waals surface area contributed by atoms with Crippen molar-refractivity contribution in [2.75, 3.05) is 25.2 Å². The number of carboxylic acids is 1. The molecular weight excluding hydrogens is 477 g/mol. The van der Waals surface area contributed by atoms with Crippen LogP contribution in [0.2, 0.25) is 0 Å². The van der Waals surface area contributed by atoms with Gasteiger partial charge in [0.15, 0.2) is 10.8 Å². The fraction of sp³-hybridized carbons (Fsp3) is 0.500. The van der Waals surface area contributed by atoms with Crippen LogP contribution in [0.15, 0.2) is 10.5 Å². The number of nitrogens with one attached hydrogen (secondary N) is 1. The number of esters is 1. The second-order valence-corrected chi connectivity index (χ2v) is 8.62. The van der Waals surface area contributed by atoms with Crippen LogP contribution in [0.5, 0.6) is 0 Å². The Kier molecular flexibility index (Phi) is 8.90. The van der Waals surface area contributed by atoms with Crippen molar-refractivity contribution in [1.29, 1.82) is 0 Å². The van der Waals surface area contributed by atoms with E-state index >= 15 is 0 Å². The number of aliphatic carboxylic acids is 1. The molecule has 0 saturated carbocycles. The summed E-state index contributed by atoms with van der Waals surface area (Å²) in [5, 5.41) is 19.2. The number of thiazole rings is 1. The maximum atomic E-state index is 12.9. The third kappa shape index (κ3) is 4.87. The van der Waals surface area contributed by atoms with Crippen LogP contribution in [0.25, 0.3) is 0 Å². The predicted molar refractivity (Wildman–Crippen MR) is 105 cm³/mol. The van der Waals surface area contributed by atoms with E-state index in [1.54, 1.807) is 6.92 Å². The molecule has 2 saturated heterocycles. The SMILES string of the molecule is CCSC1CC(=O)OC1(C(=O)[O-])N1OC[C@H](NC(=O)C(=NOC)c2csc(N)n2)C1=O.[Na+]. The van der Waals surface area contributed by atoms with E-state index in [1.165, 1.54) is 12.5 Å². The van der Waals surface area contributed by atoms with Crippen molar-refractivity contribution in [3.05, 3.63) is 11.1 Å². The summed E-state index contributed by atoms with van der Waals surface area (Å²) < 4.78 is 5.02. The van der Waals surface area contributed by atoms with Gasteiger partial charge in [-0.2, -0.15) is 16.8 Å². The second-order valence-electron chi connectivity index (χ2n) is 6.25. The average Bonchev–Trinajstić information content (AvgIpc) is 3.39. The van der Waals surface area contributed by atoms with Gasteiger partial charge in [0.2, 0.25) is 0 Å². The van der Waals surface area contributed by atoms with Gasteiger partial charge in [0.05, 0.1) is 11.7 Å². The minimum Gasteiger partial charge on any atom is -0.544 e. The van der Waals surface area contributed by atoms with Crippen LogP contribution in [0.3, 0.4) is 0 Å². The van der Waals surface area contributed by atoms with Crippen LogP contribution in [0.1, 0.15) is 19.0 Å². The molecule has 3 N–H and O–H groups in total. The quantitative estimate of drug-likeness (QED) is 0.152. The van der Waals surface area contributed by atoms with E-state index in [0.717, 1.165) is 23.1 Å². The number of nitrogens with two attached hydrogens (primary N) is 1. The van der Waals surface area contributed by atoms with Gasteiger partial charge >= 0.3 is 35.5 Å². The topological polar surface area (TPSA) is 186 Å². The van der Waals surface area contributed by atoms with Gasteiger partial charge in [0.25, 0.3) is 17.5 Å². The third-order valence-electron chi connectivity index (χ3n) is 4.36. The zero-order valence-electron chi connectivity index (χ0n) is 17.4. The summed E-state index contributed by atoms with van der Waals surface area (Å²) in [6.07, 6.45) is -0.244. The van der Waals surface area contributed by atoms with Crippen LogP contribution in [0, 0.1) is 0 Å². The number of nitrogen functional groups attached to an aromatic ring is 1. The minimum absolute atomic E-state index is 0. The summed E-state index contributed by atoms with van der Waals surface area (Å²) in [6, 6.07) is -1.28. The number of hydroxylamine groups is 2. The number of amides is 2. The van der Waals surface area contributed by atoms with Crippen molar-refractivity contribution in [1.82, 2.24) is 15.4 Å². The molecule has 13 nitrogen and oxygen atoms in total. The molecule has 16 heteroatoms. The Hall–Kier alpha value is -1.91. The molecule has 1 aromatic rings. The van der Waals surface area contributed by atoms with Crippen molar-refractivity contribution < 1.29 is 68.3 Å². The predicted octanol–water partition coefficient (Wildman–Crippen LogP) is -5.15. The number of anilines is 1. The number of oxime groups is 1. The summed E-state index contributed by atoms with van der Waals surface area (Å²) in [7, 11) is 1.22. The van der Waals surface area contributed by atoms with E-state index in [9.17, 15) is 24.3 Å². The van der Waals surface area contributed by atoms with Gasteiger partial charge in [0, 0.05) is 5.38 Å². The van der Waals surface area contributed by atoms with Gasteiger partial charge in [-0.25, -0.2) is 4.98 Å². The fourth-order valence-corrected chi connectivity index (χ4v) is 4.75. The number of aromatic nitrogens is 1. The Morgan fingerprint density at radius 2 is 2.25 bits per heavy atom. The zero-order valence-corrected chi connectivity index (χ0v) is 21.0. The number of ether oxygens (including phenoxy) is 1. The molecule has 32 heavy (non-hydrogen) atoms. The first kappa shape index (κ1) is 26.3. The molecule has 0 aliphatic carbocycles. The fourth-order valence-electron chi connectivity index (χ4n) is 3.08. The van der Waals surface area contributed by atoms with Crippen molar-refractivity contribution >= 4 is 57.7 Å². The van der Waals surface area contributed by atoms with E-state index in [0.29, 0.717) is 10.8 Å². The van der Waals surface area contributed by atoms with E-state index in [2.05, 4.69) is 20.3 Å². The first-order valence-electron chi connectivity index (χ1n) is 8.89. The molecule has 2 aliphatic heterocycles. The zero-order chi connectivity index (χ0) is 22.8. The maximum Gasteiger partial charge on any atom is 1.00 e. The molecule has 3 atom stereocenters. The maximum absolute atomic E-state index is 12.9. The number of hydrogen-bond donors (Lipinski definition) is 2. The summed E-state index contributed by atoms with van der Waals surface area (Å²) in [4.78, 5) is 63.3. The number of nitrogens with zero attached hydrogens (tertiary/aromatic N) is 3. The number of carbonyl (C=O) groups excluding carboxylic acids is 4. The summed E-state index contributed by atoms with van der Waals surface area (Å²) in [5.74, 6) is -3.92. The van der Waals surface area contributed by atoms with Gasteiger partial charge in [-0.15, -0.1) is 11.3 Å². The Morgan fingerprint density at radius 1 is 1.53 bits per heavy atom. The van der Waals surface area contributed by atoms with Gasteiger partial charge in [0.1, 0.15) is 31.4 Å². The monoisotopic (exact) mass is 495 g/mol. The molecule has 3 heterocycles. The molecule has 1 aromatic heterocycles. The molecule has 0 spiro atoms. The number of carboxylic acid groups (broad SMARTS) is 1. The number of hydrogen-bond acceptors (Lipinski definition) is 13. The van der Waals surface area contributed by atoms with Crippen LogP contribution in [0.4, 0.5) is 5.13 Å². The second kappa shape index (κ2) is 10.8. The van der Waals surface area contributed by atoms with E-state index in [4.69, 9.17) is 15.3 Å². The summed E-state index contributed by atoms with van der Waals surface area (Å²) in [6.45, 7) is 1.35. The largest absolute Gasteiger partial charge is 1.00 e. The molecule has 2 amide bonds. The Bertz CT molecular complexity index is 943. The van der Waals surface area contributed by atoms with Crippen LogP contribution < -0.4 is 45.7 Å². The molecule has 0 aromatic carbocycles. The van der Waals surface area contributed by atoms with Crippen LogP contribution in [-0.4, -0.2) is 76.0 Å². The smallest absolute Gasteiger partial charge is 0.544 e. The van der Waals surface area contributed by atoms with Crippen LogP contribution in [-0.2, 0) is 33.6 Å². The Balaban J connectivity index is 0.00000363. The van der Waals surface area contributed by atoms with Gasteiger partial charge < -0.3 is 30.5 Å². The van der Waals surface area contributed by atoms with Gasteiger partial charge in [-0.05, 0) is 5.75 Å². The molecule has 0 radical (unpaired) electrons. The van der Waals surface area contributed by atoms with Crippen molar-refractivity contribution in [3.63, 3.8) is 0 Å². The van der Waals surface area contributed by atoms with E-state index in [-0.39, 0.29) is 52.5 Å². The van der Waals surface area contributed by atoms with Crippen molar-refractivity contribution in [2.24, 2.45) is 5.16 Å². The number of thioether (sulfide) groups is 1. The van der Waals surface area contributed by atoms with Gasteiger partial charge in [-0.1, -0.05) is 12.1 Å². The third-order valence-corrected chi connectivity index (χ3v) is 6.25. The van der Waals surface area contributed by atoms with Crippen molar-refractivity contribution in [3.8, 4) is 0 Å². The molecule has 2 aliphatic rings. The van der Waals surface area contributed by atoms with E-state index in [1.807, 2.05) is 0 Å². The molecule has 2 fully saturated rings. The summed E-state index contributed by atoms with van der Waals surface area (Å²) in [5.41, 5.74) is 3.01. The van der Waals surface area contributed by atoms with Crippen LogP contribution >= 0.6 is 23.1 Å². The number of rotatable bonds is 8. The first-order chi connectivity index (χ1) is 14.7. The molecule has 168 valence electrons. The molecule has 2 unspecified atom stereocenters. The normalized spacial score (nSPS) is 25.3. The molecule has 3 rings (SSSR count). The van der Waals surface area contributed by atoms with Crippen molar-refractivity contribution in [2.45, 2.75) is 30.4 Å². The molecular formula is C16H18N5NaO8S2. The number of carbonyl (C=O) groups is 4. The van der Waals surface area contributed by atoms with E-state index < -0.39 is 47.4 Å². The first-order valence-corrected chi connectivity index (χ1v) is 10.8. The van der Waals surface area contributed by atoms with Gasteiger partial charge in [-0.3, -0.25) is 19.2 Å². The molecule has 0 bridgehead atoms.